The molecule has 0 N–H and O–H groups in total. The Morgan fingerprint density at radius 2 is 1.75 bits per heavy atom. The average Bonchev–Trinajstić information content (AvgIpc) is 2.82. The van der Waals surface area contributed by atoms with E-state index in [4.69, 9.17) is 4.52 Å². The van der Waals surface area contributed by atoms with E-state index in [0.717, 1.165) is 13.1 Å². The second-order valence-electron chi connectivity index (χ2n) is 6.33. The fourth-order valence-electron chi connectivity index (χ4n) is 3.17. The standard InChI is InChI=1S/C18H23N3O3/c1-12-6-5-7-15(13(12)2)20-8-10-21(11-9-20)17(22)16-14(3)19(4)24-18(16)23/h5-7H,8-11H2,1-4H3. The summed E-state index contributed by atoms with van der Waals surface area (Å²) < 4.78 is 6.33. The first-order valence-electron chi connectivity index (χ1n) is 8.17. The minimum atomic E-state index is -0.558. The number of carbonyl (C=O) groups is 1. The number of piperazine rings is 1. The molecule has 128 valence electrons. The molecular formula is C18H23N3O3. The summed E-state index contributed by atoms with van der Waals surface area (Å²) in [6.45, 7) is 8.67. The van der Waals surface area contributed by atoms with E-state index in [0.29, 0.717) is 18.8 Å². The topological polar surface area (TPSA) is 58.7 Å². The average molecular weight is 329 g/mol. The summed E-state index contributed by atoms with van der Waals surface area (Å²) in [5, 5.41) is 0. The van der Waals surface area contributed by atoms with Gasteiger partial charge in [0.15, 0.2) is 0 Å². The van der Waals surface area contributed by atoms with Gasteiger partial charge in [-0.1, -0.05) is 12.1 Å². The number of aryl methyl sites for hydroxylation is 2. The molecule has 3 rings (SSSR count). The Kier molecular flexibility index (Phi) is 4.22. The van der Waals surface area contributed by atoms with E-state index < -0.39 is 5.63 Å². The summed E-state index contributed by atoms with van der Waals surface area (Å²) in [6, 6.07) is 6.29. The molecule has 0 atom stereocenters. The molecule has 1 aromatic carbocycles. The van der Waals surface area contributed by atoms with Crippen LogP contribution < -0.4 is 10.5 Å². The van der Waals surface area contributed by atoms with E-state index in [2.05, 4.69) is 36.9 Å². The van der Waals surface area contributed by atoms with Crippen molar-refractivity contribution in [1.82, 2.24) is 9.64 Å². The molecule has 1 aliphatic heterocycles. The van der Waals surface area contributed by atoms with Crippen molar-refractivity contribution in [3.8, 4) is 0 Å². The molecule has 0 bridgehead atoms. The maximum atomic E-state index is 12.7. The van der Waals surface area contributed by atoms with Gasteiger partial charge in [0.1, 0.15) is 5.56 Å². The van der Waals surface area contributed by atoms with Crippen LogP contribution in [0.5, 0.6) is 0 Å². The Hall–Kier alpha value is -2.50. The maximum Gasteiger partial charge on any atom is 0.370 e. The zero-order chi connectivity index (χ0) is 17.4. The maximum absolute atomic E-state index is 12.7. The van der Waals surface area contributed by atoms with E-state index >= 15 is 0 Å². The Bertz CT molecular complexity index is 827. The van der Waals surface area contributed by atoms with Gasteiger partial charge in [-0.3, -0.25) is 4.79 Å². The van der Waals surface area contributed by atoms with Gasteiger partial charge in [0.2, 0.25) is 0 Å². The first kappa shape index (κ1) is 16.4. The van der Waals surface area contributed by atoms with Gasteiger partial charge in [-0.05, 0) is 38.0 Å². The third-order valence-corrected chi connectivity index (χ3v) is 4.96. The van der Waals surface area contributed by atoms with Crippen LogP contribution in [-0.2, 0) is 7.05 Å². The lowest BCUT2D eigenvalue weighted by Gasteiger charge is -2.36. The van der Waals surface area contributed by atoms with Crippen molar-refractivity contribution in [1.29, 1.82) is 0 Å². The summed E-state index contributed by atoms with van der Waals surface area (Å²) in [7, 11) is 1.63. The number of rotatable bonds is 2. The highest BCUT2D eigenvalue weighted by Gasteiger charge is 2.28. The molecule has 2 heterocycles. The van der Waals surface area contributed by atoms with Gasteiger partial charge < -0.3 is 14.3 Å². The summed E-state index contributed by atoms with van der Waals surface area (Å²) in [4.78, 5) is 28.6. The number of carbonyl (C=O) groups excluding carboxylic acids is 1. The van der Waals surface area contributed by atoms with Gasteiger partial charge in [-0.15, -0.1) is 0 Å². The predicted molar refractivity (Wildman–Crippen MR) is 92.7 cm³/mol. The van der Waals surface area contributed by atoms with Crippen LogP contribution in [-0.4, -0.2) is 41.7 Å². The number of amides is 1. The van der Waals surface area contributed by atoms with Crippen molar-refractivity contribution in [2.75, 3.05) is 31.1 Å². The Balaban J connectivity index is 1.74. The summed E-state index contributed by atoms with van der Waals surface area (Å²) in [5.74, 6) is -0.234. The lowest BCUT2D eigenvalue weighted by molar-refractivity contribution is 0.0743. The molecule has 1 saturated heterocycles. The normalized spacial score (nSPS) is 15.0. The third kappa shape index (κ3) is 2.72. The molecule has 0 saturated carbocycles. The molecule has 6 heteroatoms. The van der Waals surface area contributed by atoms with Gasteiger partial charge in [-0.2, -0.15) is 0 Å². The van der Waals surface area contributed by atoms with Gasteiger partial charge in [-0.25, -0.2) is 9.53 Å². The second-order valence-corrected chi connectivity index (χ2v) is 6.33. The fourth-order valence-corrected chi connectivity index (χ4v) is 3.17. The van der Waals surface area contributed by atoms with Gasteiger partial charge in [0, 0.05) is 38.9 Å². The van der Waals surface area contributed by atoms with Crippen molar-refractivity contribution in [2.45, 2.75) is 20.8 Å². The van der Waals surface area contributed by atoms with Gasteiger partial charge >= 0.3 is 5.63 Å². The summed E-state index contributed by atoms with van der Waals surface area (Å²) >= 11 is 0. The van der Waals surface area contributed by atoms with Crippen LogP contribution in [0.3, 0.4) is 0 Å². The molecule has 1 aliphatic rings. The highest BCUT2D eigenvalue weighted by molar-refractivity contribution is 5.95. The minimum Gasteiger partial charge on any atom is -0.368 e. The number of anilines is 1. The van der Waals surface area contributed by atoms with Crippen LogP contribution in [0.25, 0.3) is 0 Å². The minimum absolute atomic E-state index is 0.151. The summed E-state index contributed by atoms with van der Waals surface area (Å²) in [6.07, 6.45) is 0. The predicted octanol–water partition coefficient (Wildman–Crippen LogP) is 1.87. The van der Waals surface area contributed by atoms with E-state index in [1.807, 2.05) is 0 Å². The number of hydrogen-bond acceptors (Lipinski definition) is 4. The number of hydrogen-bond donors (Lipinski definition) is 0. The lowest BCUT2D eigenvalue weighted by Crippen LogP contribution is -2.49. The Morgan fingerprint density at radius 3 is 2.33 bits per heavy atom. The monoisotopic (exact) mass is 329 g/mol. The Labute approximate surface area is 141 Å². The molecule has 24 heavy (non-hydrogen) atoms. The van der Waals surface area contributed by atoms with Crippen LogP contribution >= 0.6 is 0 Å². The lowest BCUT2D eigenvalue weighted by atomic mass is 10.1. The van der Waals surface area contributed by atoms with Crippen LogP contribution in [0.15, 0.2) is 27.5 Å². The van der Waals surface area contributed by atoms with Crippen LogP contribution in [0, 0.1) is 20.8 Å². The van der Waals surface area contributed by atoms with Crippen molar-refractivity contribution >= 4 is 11.6 Å². The molecular weight excluding hydrogens is 306 g/mol. The molecule has 0 spiro atoms. The van der Waals surface area contributed by atoms with E-state index in [9.17, 15) is 9.59 Å². The van der Waals surface area contributed by atoms with Crippen molar-refractivity contribution in [3.63, 3.8) is 0 Å². The fraction of sp³-hybridized carbons (Fsp3) is 0.444. The number of aromatic nitrogens is 1. The molecule has 1 fully saturated rings. The van der Waals surface area contributed by atoms with E-state index in [-0.39, 0.29) is 11.5 Å². The van der Waals surface area contributed by atoms with Crippen LogP contribution in [0.1, 0.15) is 27.2 Å². The Morgan fingerprint density at radius 1 is 1.08 bits per heavy atom. The van der Waals surface area contributed by atoms with Crippen LogP contribution in [0.2, 0.25) is 0 Å². The molecule has 1 aromatic heterocycles. The van der Waals surface area contributed by atoms with Gasteiger partial charge in [0.25, 0.3) is 5.91 Å². The van der Waals surface area contributed by atoms with Crippen molar-refractivity contribution < 1.29 is 9.32 Å². The molecule has 2 aromatic rings. The number of benzene rings is 1. The molecule has 6 nitrogen and oxygen atoms in total. The van der Waals surface area contributed by atoms with Crippen molar-refractivity contribution in [3.05, 3.63) is 51.0 Å². The molecule has 1 amide bonds. The van der Waals surface area contributed by atoms with E-state index in [1.54, 1.807) is 18.9 Å². The second kappa shape index (κ2) is 6.19. The smallest absolute Gasteiger partial charge is 0.368 e. The van der Waals surface area contributed by atoms with Crippen molar-refractivity contribution in [2.24, 2.45) is 7.05 Å². The van der Waals surface area contributed by atoms with Crippen LogP contribution in [0.4, 0.5) is 5.69 Å². The molecule has 0 radical (unpaired) electrons. The highest BCUT2D eigenvalue weighted by Crippen LogP contribution is 2.24. The van der Waals surface area contributed by atoms with E-state index in [1.165, 1.54) is 21.6 Å². The quantitative estimate of drug-likeness (QED) is 0.844. The highest BCUT2D eigenvalue weighted by atomic mass is 16.5. The summed E-state index contributed by atoms with van der Waals surface area (Å²) in [5.41, 5.74) is 3.93. The molecule has 0 unspecified atom stereocenters. The zero-order valence-corrected chi connectivity index (χ0v) is 14.6. The number of nitrogens with zero attached hydrogens (tertiary/aromatic N) is 3. The largest absolute Gasteiger partial charge is 0.370 e. The first-order valence-corrected chi connectivity index (χ1v) is 8.17. The zero-order valence-electron chi connectivity index (χ0n) is 14.6. The first-order chi connectivity index (χ1) is 11.4. The third-order valence-electron chi connectivity index (χ3n) is 4.96. The van der Waals surface area contributed by atoms with Gasteiger partial charge in [0.05, 0.1) is 5.69 Å². The SMILES string of the molecule is Cc1cccc(N2CCN(C(=O)c3c(C)n(C)oc3=O)CC2)c1C. The molecule has 0 aliphatic carbocycles.